The van der Waals surface area contributed by atoms with Gasteiger partial charge in [-0.25, -0.2) is 4.79 Å². The van der Waals surface area contributed by atoms with E-state index in [1.54, 1.807) is 25.7 Å². The number of carbonyl (C=O) groups excluding carboxylic acids is 2. The van der Waals surface area contributed by atoms with Gasteiger partial charge in [-0.05, 0) is 89.9 Å². The minimum Gasteiger partial charge on any atom is -0.444 e. The Morgan fingerprint density at radius 2 is 1.76 bits per heavy atom. The zero-order valence-electron chi connectivity index (χ0n) is 20.4. The monoisotopic (exact) mass is 493 g/mol. The van der Waals surface area contributed by atoms with Crippen LogP contribution in [0.4, 0.5) is 4.79 Å². The number of alkyl carbamates (subject to hydrolysis) is 1. The summed E-state index contributed by atoms with van der Waals surface area (Å²) in [6.07, 6.45) is 6.11. The second-order valence-corrected chi connectivity index (χ2v) is 14.1. The molecule has 4 bridgehead atoms. The van der Waals surface area contributed by atoms with Gasteiger partial charge >= 0.3 is 6.09 Å². The van der Waals surface area contributed by atoms with Crippen LogP contribution in [0.2, 0.25) is 0 Å². The number of hydrogen-bond donors (Lipinski definition) is 1. The molecule has 0 aromatic heterocycles. The molecule has 0 aromatic rings. The van der Waals surface area contributed by atoms with Crippen molar-refractivity contribution in [3.8, 4) is 6.07 Å². The molecule has 1 N–H and O–H groups in total. The number of piperidine rings is 1. The molecule has 5 saturated carbocycles. The van der Waals surface area contributed by atoms with Gasteiger partial charge in [-0.3, -0.25) is 8.98 Å². The first-order chi connectivity index (χ1) is 15.7. The first kappa shape index (κ1) is 23.9. The summed E-state index contributed by atoms with van der Waals surface area (Å²) in [5.41, 5.74) is -2.20. The van der Waals surface area contributed by atoms with Gasteiger partial charge in [-0.1, -0.05) is 0 Å². The summed E-state index contributed by atoms with van der Waals surface area (Å²) in [6.45, 7) is 5.30. The second kappa shape index (κ2) is 7.57. The standard InChI is InChI=1S/C24H35N3O6S/c1-22(2,3)32-21(29)26-19(20(28)27-17(12-25)6-16-7-18(16)27)23-8-14-5-15(9-23)11-24(10-14,13-23)33-34(4,30)31/h14-19H,5-11,13H2,1-4H3,(H,26,29)/t14-,15-,16+,17-,18-,19+,23-,24+/m0/s1. The number of fused-ring (bicyclic) bond motifs is 1. The number of ether oxygens (including phenoxy) is 1. The number of nitrogens with one attached hydrogen (secondary N) is 1. The van der Waals surface area contributed by atoms with E-state index in [0.717, 1.165) is 31.9 Å². The van der Waals surface area contributed by atoms with E-state index < -0.39 is 44.9 Å². The lowest BCUT2D eigenvalue weighted by atomic mass is 9.46. The van der Waals surface area contributed by atoms with Crippen LogP contribution in [0.1, 0.15) is 72.1 Å². The lowest BCUT2D eigenvalue weighted by Crippen LogP contribution is -2.67. The third kappa shape index (κ3) is 4.30. The van der Waals surface area contributed by atoms with Gasteiger partial charge in [0.1, 0.15) is 17.7 Å². The number of hydrogen-bond acceptors (Lipinski definition) is 7. The average Bonchev–Trinajstić information content (AvgIpc) is 3.31. The molecule has 1 aliphatic heterocycles. The molecule has 1 saturated heterocycles. The highest BCUT2D eigenvalue weighted by molar-refractivity contribution is 7.86. The second-order valence-electron chi connectivity index (χ2n) is 12.6. The van der Waals surface area contributed by atoms with E-state index in [1.165, 1.54) is 0 Å². The van der Waals surface area contributed by atoms with Crippen molar-refractivity contribution in [1.82, 2.24) is 10.2 Å². The van der Waals surface area contributed by atoms with Crippen LogP contribution < -0.4 is 5.32 Å². The van der Waals surface area contributed by atoms with E-state index in [2.05, 4.69) is 11.4 Å². The first-order valence-corrected chi connectivity index (χ1v) is 14.2. The van der Waals surface area contributed by atoms with Crippen LogP contribution in [-0.4, -0.2) is 60.9 Å². The number of nitrogens with zero attached hydrogens (tertiary/aromatic N) is 2. The van der Waals surface area contributed by atoms with Gasteiger partial charge in [0.15, 0.2) is 0 Å². The summed E-state index contributed by atoms with van der Waals surface area (Å²) in [4.78, 5) is 28.7. The third-order valence-electron chi connectivity index (χ3n) is 8.41. The summed E-state index contributed by atoms with van der Waals surface area (Å²) >= 11 is 0. The van der Waals surface area contributed by atoms with Gasteiger partial charge in [0, 0.05) is 11.5 Å². The van der Waals surface area contributed by atoms with Crippen molar-refractivity contribution in [2.75, 3.05) is 6.26 Å². The molecule has 9 nitrogen and oxygen atoms in total. The summed E-state index contributed by atoms with van der Waals surface area (Å²) in [5.74, 6) is 0.585. The maximum Gasteiger partial charge on any atom is 0.408 e. The Hall–Kier alpha value is -1.86. The molecule has 188 valence electrons. The van der Waals surface area contributed by atoms with E-state index in [-0.39, 0.29) is 23.8 Å². The van der Waals surface area contributed by atoms with Crippen molar-refractivity contribution in [3.63, 3.8) is 0 Å². The normalized spacial score (nSPS) is 40.9. The lowest BCUT2D eigenvalue weighted by Gasteiger charge is -2.62. The van der Waals surface area contributed by atoms with Crippen LogP contribution in [-0.2, 0) is 23.8 Å². The minimum atomic E-state index is -3.69. The third-order valence-corrected chi connectivity index (χ3v) is 9.07. The van der Waals surface area contributed by atoms with Gasteiger partial charge in [-0.15, -0.1) is 0 Å². The number of nitriles is 1. The molecule has 6 atom stereocenters. The van der Waals surface area contributed by atoms with Crippen LogP contribution in [0.5, 0.6) is 0 Å². The molecule has 1 heterocycles. The van der Waals surface area contributed by atoms with Gasteiger partial charge in [0.2, 0.25) is 5.91 Å². The number of amides is 2. The highest BCUT2D eigenvalue weighted by Gasteiger charge is 2.65. The maximum atomic E-state index is 14.1. The molecule has 2 amide bonds. The van der Waals surface area contributed by atoms with E-state index in [0.29, 0.717) is 31.6 Å². The Bertz CT molecular complexity index is 1030. The van der Waals surface area contributed by atoms with Crippen molar-refractivity contribution < 1.29 is 26.9 Å². The molecule has 0 aromatic carbocycles. The molecule has 34 heavy (non-hydrogen) atoms. The molecule has 5 aliphatic carbocycles. The van der Waals surface area contributed by atoms with Crippen molar-refractivity contribution in [2.45, 2.75) is 101 Å². The predicted molar refractivity (Wildman–Crippen MR) is 122 cm³/mol. The lowest BCUT2D eigenvalue weighted by molar-refractivity contribution is -0.170. The molecule has 0 unspecified atom stereocenters. The largest absolute Gasteiger partial charge is 0.444 e. The molecule has 6 aliphatic rings. The fraction of sp³-hybridized carbons (Fsp3) is 0.875. The van der Waals surface area contributed by atoms with Crippen LogP contribution in [0.15, 0.2) is 0 Å². The minimum absolute atomic E-state index is 0.0511. The van der Waals surface area contributed by atoms with E-state index in [1.807, 2.05) is 0 Å². The topological polar surface area (TPSA) is 126 Å². The molecule has 6 fully saturated rings. The quantitative estimate of drug-likeness (QED) is 0.584. The molecular formula is C24H35N3O6S. The molecule has 10 heteroatoms. The SMILES string of the molecule is CC(C)(C)OC(=O)N[C@H](C(=O)N1[C@H](C#N)C[C@@H]2C[C@@H]21)[C@]12C[C@@H]3C[C@H](C[C@](OS(C)(=O)=O)(C3)C1)C2. The summed E-state index contributed by atoms with van der Waals surface area (Å²) in [7, 11) is -3.69. The smallest absolute Gasteiger partial charge is 0.408 e. The van der Waals surface area contributed by atoms with Crippen LogP contribution >= 0.6 is 0 Å². The number of likely N-dealkylation sites (tertiary alicyclic amines) is 1. The highest BCUT2D eigenvalue weighted by atomic mass is 32.2. The van der Waals surface area contributed by atoms with Gasteiger partial charge in [0.05, 0.1) is 17.9 Å². The fourth-order valence-corrected chi connectivity index (χ4v) is 8.78. The van der Waals surface area contributed by atoms with E-state index >= 15 is 0 Å². The summed E-state index contributed by atoms with van der Waals surface area (Å²) in [6, 6.07) is 0.948. The molecule has 0 radical (unpaired) electrons. The summed E-state index contributed by atoms with van der Waals surface area (Å²) in [5, 5.41) is 12.6. The van der Waals surface area contributed by atoms with Crippen molar-refractivity contribution in [3.05, 3.63) is 0 Å². The Morgan fingerprint density at radius 3 is 2.32 bits per heavy atom. The van der Waals surface area contributed by atoms with E-state index in [9.17, 15) is 23.3 Å². The first-order valence-electron chi connectivity index (χ1n) is 12.3. The van der Waals surface area contributed by atoms with Crippen molar-refractivity contribution >= 4 is 22.1 Å². The van der Waals surface area contributed by atoms with Crippen LogP contribution in [0.25, 0.3) is 0 Å². The maximum absolute atomic E-state index is 14.1. The zero-order valence-corrected chi connectivity index (χ0v) is 21.2. The van der Waals surface area contributed by atoms with Crippen molar-refractivity contribution in [1.29, 1.82) is 5.26 Å². The van der Waals surface area contributed by atoms with Gasteiger partial charge in [-0.2, -0.15) is 13.7 Å². The molecule has 0 spiro atoms. The Balaban J connectivity index is 1.50. The molecule has 6 rings (SSSR count). The van der Waals surface area contributed by atoms with Gasteiger partial charge in [0.25, 0.3) is 10.1 Å². The van der Waals surface area contributed by atoms with Crippen LogP contribution in [0.3, 0.4) is 0 Å². The van der Waals surface area contributed by atoms with E-state index in [4.69, 9.17) is 8.92 Å². The number of carbonyl (C=O) groups is 2. The highest BCUT2D eigenvalue weighted by Crippen LogP contribution is 2.64. The van der Waals surface area contributed by atoms with Gasteiger partial charge < -0.3 is 15.0 Å². The Kier molecular flexibility index (Phi) is 5.31. The predicted octanol–water partition coefficient (Wildman–Crippen LogP) is 2.71. The number of rotatable bonds is 5. The average molecular weight is 494 g/mol. The Morgan fingerprint density at radius 1 is 1.12 bits per heavy atom. The summed E-state index contributed by atoms with van der Waals surface area (Å²) < 4.78 is 35.6. The van der Waals surface area contributed by atoms with Crippen molar-refractivity contribution in [2.24, 2.45) is 23.2 Å². The Labute approximate surface area is 201 Å². The molecular weight excluding hydrogens is 458 g/mol. The zero-order chi connectivity index (χ0) is 24.7. The fourth-order valence-electron chi connectivity index (χ4n) is 7.94. The van der Waals surface area contributed by atoms with Crippen LogP contribution in [0, 0.1) is 34.5 Å².